The van der Waals surface area contributed by atoms with Crippen molar-refractivity contribution in [2.24, 2.45) is 0 Å². The van der Waals surface area contributed by atoms with Crippen molar-refractivity contribution in [1.29, 1.82) is 0 Å². The van der Waals surface area contributed by atoms with E-state index in [4.69, 9.17) is 4.74 Å². The minimum atomic E-state index is -0.529. The summed E-state index contributed by atoms with van der Waals surface area (Å²) in [5, 5.41) is 2.37. The highest BCUT2D eigenvalue weighted by atomic mass is 16.5. The van der Waals surface area contributed by atoms with E-state index >= 15 is 0 Å². The van der Waals surface area contributed by atoms with E-state index in [1.165, 1.54) is 30.1 Å². The van der Waals surface area contributed by atoms with Crippen molar-refractivity contribution in [3.63, 3.8) is 0 Å². The zero-order valence-corrected chi connectivity index (χ0v) is 11.4. The first-order chi connectivity index (χ1) is 10.0. The fourth-order valence-corrected chi connectivity index (χ4v) is 1.62. The molecule has 0 aliphatic rings. The third-order valence-corrected chi connectivity index (χ3v) is 2.39. The van der Waals surface area contributed by atoms with Gasteiger partial charge < -0.3 is 4.74 Å². The molecule has 0 atom stereocenters. The molecule has 21 heavy (non-hydrogen) atoms. The van der Waals surface area contributed by atoms with E-state index in [0.29, 0.717) is 0 Å². The van der Waals surface area contributed by atoms with Gasteiger partial charge in [0.2, 0.25) is 11.9 Å². The van der Waals surface area contributed by atoms with Gasteiger partial charge in [-0.25, -0.2) is 9.78 Å². The summed E-state index contributed by atoms with van der Waals surface area (Å²) >= 11 is 0. The van der Waals surface area contributed by atoms with Crippen molar-refractivity contribution in [3.8, 4) is 0 Å². The number of nitrogens with zero attached hydrogens (tertiary/aromatic N) is 3. The standard InChI is InChI=1S/C12H13N5O4/c1-3-21-8(19)4-5-17-6-13-10-9(17)11(20)16-12(15-10)14-7(2)18/h4-6H,3H2,1-2H3,(H2,14,15,16,18,20)/b5-4+. The number of nitrogens with one attached hydrogen (secondary N) is 2. The topological polar surface area (TPSA) is 119 Å². The molecule has 0 fully saturated rings. The Morgan fingerprint density at radius 1 is 1.52 bits per heavy atom. The molecule has 0 aliphatic heterocycles. The molecule has 9 nitrogen and oxygen atoms in total. The molecular weight excluding hydrogens is 278 g/mol. The van der Waals surface area contributed by atoms with Crippen LogP contribution < -0.4 is 10.9 Å². The molecule has 0 saturated heterocycles. The van der Waals surface area contributed by atoms with Crippen LogP contribution in [0.4, 0.5) is 5.95 Å². The Morgan fingerprint density at radius 3 is 2.95 bits per heavy atom. The van der Waals surface area contributed by atoms with E-state index in [0.717, 1.165) is 0 Å². The number of anilines is 1. The van der Waals surface area contributed by atoms with E-state index in [9.17, 15) is 14.4 Å². The molecule has 2 N–H and O–H groups in total. The van der Waals surface area contributed by atoms with Crippen molar-refractivity contribution in [3.05, 3.63) is 22.8 Å². The second kappa shape index (κ2) is 5.99. The van der Waals surface area contributed by atoms with Gasteiger partial charge in [0.1, 0.15) is 6.33 Å². The lowest BCUT2D eigenvalue weighted by molar-refractivity contribution is -0.137. The number of rotatable bonds is 4. The summed E-state index contributed by atoms with van der Waals surface area (Å²) in [7, 11) is 0. The number of carbonyl (C=O) groups is 2. The van der Waals surface area contributed by atoms with Gasteiger partial charge in [-0.1, -0.05) is 0 Å². The molecule has 0 bridgehead atoms. The maximum Gasteiger partial charge on any atom is 0.332 e. The molecule has 2 heterocycles. The van der Waals surface area contributed by atoms with Crippen LogP contribution in [0.25, 0.3) is 17.4 Å². The summed E-state index contributed by atoms with van der Waals surface area (Å²) in [5.74, 6) is -0.877. The molecule has 0 unspecified atom stereocenters. The lowest BCUT2D eigenvalue weighted by Crippen LogP contribution is -2.17. The van der Waals surface area contributed by atoms with Crippen LogP contribution in [0.1, 0.15) is 13.8 Å². The highest BCUT2D eigenvalue weighted by molar-refractivity contribution is 5.88. The molecule has 2 aromatic rings. The number of aromatic amines is 1. The minimum Gasteiger partial charge on any atom is -0.463 e. The lowest BCUT2D eigenvalue weighted by atomic mass is 10.5. The van der Waals surface area contributed by atoms with E-state index in [-0.39, 0.29) is 29.6 Å². The van der Waals surface area contributed by atoms with Crippen LogP contribution in [-0.2, 0) is 14.3 Å². The smallest absolute Gasteiger partial charge is 0.332 e. The number of imidazole rings is 1. The maximum absolute atomic E-state index is 12.0. The first-order valence-electron chi connectivity index (χ1n) is 6.10. The van der Waals surface area contributed by atoms with E-state index in [2.05, 4.69) is 20.3 Å². The third kappa shape index (κ3) is 3.32. The Kier molecular flexibility index (Phi) is 4.12. The van der Waals surface area contributed by atoms with Crippen LogP contribution >= 0.6 is 0 Å². The van der Waals surface area contributed by atoms with Gasteiger partial charge in [0.25, 0.3) is 5.56 Å². The summed E-state index contributed by atoms with van der Waals surface area (Å²) in [6.45, 7) is 3.25. The fourth-order valence-electron chi connectivity index (χ4n) is 1.62. The number of carbonyl (C=O) groups excluding carboxylic acids is 2. The molecule has 0 aliphatic carbocycles. The second-order valence-corrected chi connectivity index (χ2v) is 3.99. The van der Waals surface area contributed by atoms with Crippen molar-refractivity contribution in [1.82, 2.24) is 19.5 Å². The number of hydrogen-bond acceptors (Lipinski definition) is 6. The van der Waals surface area contributed by atoms with Gasteiger partial charge in [0, 0.05) is 19.2 Å². The molecule has 0 saturated carbocycles. The fraction of sp³-hybridized carbons (Fsp3) is 0.250. The molecular formula is C12H13N5O4. The number of fused-ring (bicyclic) bond motifs is 1. The van der Waals surface area contributed by atoms with Crippen molar-refractivity contribution in [2.75, 3.05) is 11.9 Å². The first-order valence-corrected chi connectivity index (χ1v) is 6.10. The van der Waals surface area contributed by atoms with Gasteiger partial charge in [-0.05, 0) is 6.92 Å². The highest BCUT2D eigenvalue weighted by Gasteiger charge is 2.10. The van der Waals surface area contributed by atoms with Gasteiger partial charge in [-0.15, -0.1) is 0 Å². The van der Waals surface area contributed by atoms with Crippen molar-refractivity contribution < 1.29 is 14.3 Å². The molecule has 0 spiro atoms. The largest absolute Gasteiger partial charge is 0.463 e. The normalized spacial score (nSPS) is 11.0. The molecule has 110 valence electrons. The molecule has 0 radical (unpaired) electrons. The molecule has 2 aromatic heterocycles. The van der Waals surface area contributed by atoms with Gasteiger partial charge >= 0.3 is 5.97 Å². The summed E-state index contributed by atoms with van der Waals surface area (Å²) < 4.78 is 6.08. The Labute approximate surface area is 118 Å². The van der Waals surface area contributed by atoms with Crippen molar-refractivity contribution >= 4 is 35.2 Å². The molecule has 1 amide bonds. The number of esters is 1. The predicted octanol–water partition coefficient (Wildman–Crippen LogP) is 0.112. The van der Waals surface area contributed by atoms with E-state index in [1.807, 2.05) is 0 Å². The number of hydrogen-bond donors (Lipinski definition) is 2. The Bertz CT molecular complexity index is 774. The van der Waals surface area contributed by atoms with Gasteiger partial charge in [0.15, 0.2) is 11.2 Å². The zero-order chi connectivity index (χ0) is 15.4. The van der Waals surface area contributed by atoms with E-state index in [1.54, 1.807) is 6.92 Å². The maximum atomic E-state index is 12.0. The third-order valence-electron chi connectivity index (χ3n) is 2.39. The van der Waals surface area contributed by atoms with Crippen LogP contribution in [0.3, 0.4) is 0 Å². The minimum absolute atomic E-state index is 0.0135. The van der Waals surface area contributed by atoms with Gasteiger partial charge in [-0.2, -0.15) is 4.98 Å². The number of H-pyrrole nitrogens is 1. The van der Waals surface area contributed by atoms with Crippen LogP contribution in [0.2, 0.25) is 0 Å². The summed E-state index contributed by atoms with van der Waals surface area (Å²) in [6, 6.07) is 0. The van der Waals surface area contributed by atoms with Crippen LogP contribution in [0, 0.1) is 0 Å². The summed E-state index contributed by atoms with van der Waals surface area (Å²) in [5.41, 5.74) is -0.185. The van der Waals surface area contributed by atoms with Gasteiger partial charge in [-0.3, -0.25) is 24.5 Å². The van der Waals surface area contributed by atoms with Crippen LogP contribution in [0.15, 0.2) is 17.2 Å². The molecule has 0 aromatic carbocycles. The SMILES string of the molecule is CCOC(=O)/C=C/n1cnc2nc(NC(C)=O)[nH]c(=O)c21. The Morgan fingerprint density at radius 2 is 2.29 bits per heavy atom. The lowest BCUT2D eigenvalue weighted by Gasteiger charge is -2.00. The average Bonchev–Trinajstić information content (AvgIpc) is 2.79. The second-order valence-electron chi connectivity index (χ2n) is 3.99. The molecule has 2 rings (SSSR count). The highest BCUT2D eigenvalue weighted by Crippen LogP contribution is 2.07. The predicted molar refractivity (Wildman–Crippen MR) is 74.4 cm³/mol. The number of amides is 1. The number of aromatic nitrogens is 4. The van der Waals surface area contributed by atoms with Crippen LogP contribution in [0.5, 0.6) is 0 Å². The quantitative estimate of drug-likeness (QED) is 0.609. The Hall–Kier alpha value is -2.97. The van der Waals surface area contributed by atoms with Crippen molar-refractivity contribution in [2.45, 2.75) is 13.8 Å². The summed E-state index contributed by atoms with van der Waals surface area (Å²) in [4.78, 5) is 44.5. The van der Waals surface area contributed by atoms with Gasteiger partial charge in [0.05, 0.1) is 6.61 Å². The Balaban J connectivity index is 2.38. The zero-order valence-electron chi connectivity index (χ0n) is 11.4. The summed E-state index contributed by atoms with van der Waals surface area (Å²) in [6.07, 6.45) is 3.86. The van der Waals surface area contributed by atoms with Crippen LogP contribution in [-0.4, -0.2) is 38.0 Å². The number of ether oxygens (including phenoxy) is 1. The molecule has 9 heteroatoms. The van der Waals surface area contributed by atoms with E-state index < -0.39 is 11.5 Å². The average molecular weight is 291 g/mol. The first kappa shape index (κ1) is 14.4. The monoisotopic (exact) mass is 291 g/mol.